The van der Waals surface area contributed by atoms with Gasteiger partial charge >= 0.3 is 5.69 Å². The first-order chi connectivity index (χ1) is 9.54. The predicted molar refractivity (Wildman–Crippen MR) is 80.6 cm³/mol. The van der Waals surface area contributed by atoms with Gasteiger partial charge in [-0.1, -0.05) is 48.9 Å². The molecule has 1 aromatic heterocycles. The highest BCUT2D eigenvalue weighted by molar-refractivity contribution is 6.30. The van der Waals surface area contributed by atoms with Crippen molar-refractivity contribution >= 4 is 11.6 Å². The molecule has 0 aliphatic carbocycles. The molecule has 1 aromatic carbocycles. The van der Waals surface area contributed by atoms with Crippen molar-refractivity contribution in [2.24, 2.45) is 0 Å². The van der Waals surface area contributed by atoms with Crippen molar-refractivity contribution in [1.29, 1.82) is 0 Å². The molecule has 0 radical (unpaired) electrons. The number of halogens is 1. The van der Waals surface area contributed by atoms with E-state index in [1.165, 1.54) is 4.57 Å². The molecule has 0 fully saturated rings. The van der Waals surface area contributed by atoms with Crippen LogP contribution >= 0.6 is 11.6 Å². The molecule has 1 atom stereocenters. The molecular weight excluding hydrogens is 276 g/mol. The Morgan fingerprint density at radius 3 is 2.50 bits per heavy atom. The summed E-state index contributed by atoms with van der Waals surface area (Å²) in [6, 6.07) is 9.54. The van der Waals surface area contributed by atoms with Crippen molar-refractivity contribution in [3.8, 4) is 0 Å². The second kappa shape index (κ2) is 6.09. The summed E-state index contributed by atoms with van der Waals surface area (Å²) in [4.78, 5) is 26.9. The zero-order chi connectivity index (χ0) is 14.7. The van der Waals surface area contributed by atoms with Crippen LogP contribution in [0.1, 0.15) is 31.0 Å². The molecule has 1 N–H and O–H groups in total. The molecule has 2 aromatic rings. The lowest BCUT2D eigenvalue weighted by Crippen LogP contribution is -2.39. The summed E-state index contributed by atoms with van der Waals surface area (Å²) >= 11 is 5.90. The third-order valence-electron chi connectivity index (χ3n) is 3.35. The van der Waals surface area contributed by atoms with Gasteiger partial charge in [0.1, 0.15) is 5.15 Å². The Labute approximate surface area is 122 Å². The minimum absolute atomic E-state index is 0.144. The van der Waals surface area contributed by atoms with E-state index in [9.17, 15) is 9.59 Å². The fourth-order valence-corrected chi connectivity index (χ4v) is 2.61. The van der Waals surface area contributed by atoms with Crippen molar-refractivity contribution < 1.29 is 0 Å². The summed E-state index contributed by atoms with van der Waals surface area (Å²) in [5, 5.41) is 0.144. The maximum absolute atomic E-state index is 12.3. The minimum Gasteiger partial charge on any atom is -0.297 e. The Morgan fingerprint density at radius 2 is 1.90 bits per heavy atom. The minimum atomic E-state index is -0.458. The van der Waals surface area contributed by atoms with Crippen LogP contribution < -0.4 is 11.2 Å². The smallest absolute Gasteiger partial charge is 0.297 e. The van der Waals surface area contributed by atoms with Crippen LogP contribution in [0.25, 0.3) is 0 Å². The van der Waals surface area contributed by atoms with Gasteiger partial charge in [-0.05, 0) is 25.3 Å². The SMILES string of the molecule is CCc1c(Cl)[nH]c(=O)n(C(C)Cc2ccccc2)c1=O. The number of H-pyrrole nitrogens is 1. The zero-order valence-electron chi connectivity index (χ0n) is 11.5. The summed E-state index contributed by atoms with van der Waals surface area (Å²) < 4.78 is 1.25. The molecule has 20 heavy (non-hydrogen) atoms. The van der Waals surface area contributed by atoms with Crippen molar-refractivity contribution in [1.82, 2.24) is 9.55 Å². The molecule has 0 spiro atoms. The Bertz CT molecular complexity index is 704. The van der Waals surface area contributed by atoms with Crippen LogP contribution in [0, 0.1) is 0 Å². The average Bonchev–Trinajstić information content (AvgIpc) is 2.39. The number of hydrogen-bond acceptors (Lipinski definition) is 2. The van der Waals surface area contributed by atoms with Gasteiger partial charge in [0.05, 0.1) is 5.56 Å². The van der Waals surface area contributed by atoms with Crippen molar-refractivity contribution in [3.63, 3.8) is 0 Å². The van der Waals surface area contributed by atoms with E-state index < -0.39 is 5.69 Å². The Balaban J connectivity index is 2.43. The number of nitrogens with zero attached hydrogens (tertiary/aromatic N) is 1. The van der Waals surface area contributed by atoms with Gasteiger partial charge in [-0.15, -0.1) is 0 Å². The highest BCUT2D eigenvalue weighted by Gasteiger charge is 2.16. The predicted octanol–water partition coefficient (Wildman–Crippen LogP) is 2.56. The van der Waals surface area contributed by atoms with Crippen LogP contribution in [0.3, 0.4) is 0 Å². The number of benzene rings is 1. The number of nitrogens with one attached hydrogen (secondary N) is 1. The summed E-state index contributed by atoms with van der Waals surface area (Å²) in [6.07, 6.45) is 1.11. The topological polar surface area (TPSA) is 54.9 Å². The quantitative estimate of drug-likeness (QED) is 0.881. The molecule has 4 nitrogen and oxygen atoms in total. The standard InChI is InChI=1S/C15H17ClN2O2/c1-3-12-13(16)17-15(20)18(14(12)19)10(2)9-11-7-5-4-6-8-11/h4-8,10H,3,9H2,1-2H3,(H,17,20). The van der Waals surface area contributed by atoms with Gasteiger partial charge < -0.3 is 0 Å². The first kappa shape index (κ1) is 14.6. The van der Waals surface area contributed by atoms with Crippen LogP contribution in [-0.4, -0.2) is 9.55 Å². The third-order valence-corrected chi connectivity index (χ3v) is 3.67. The maximum Gasteiger partial charge on any atom is 0.329 e. The largest absolute Gasteiger partial charge is 0.329 e. The zero-order valence-corrected chi connectivity index (χ0v) is 12.3. The van der Waals surface area contributed by atoms with Crippen LogP contribution in [0.5, 0.6) is 0 Å². The van der Waals surface area contributed by atoms with Gasteiger partial charge in [0.25, 0.3) is 5.56 Å². The molecule has 0 amide bonds. The van der Waals surface area contributed by atoms with Crippen molar-refractivity contribution in [3.05, 3.63) is 67.4 Å². The third kappa shape index (κ3) is 2.85. The van der Waals surface area contributed by atoms with E-state index >= 15 is 0 Å². The normalized spacial score (nSPS) is 12.3. The molecule has 0 saturated carbocycles. The van der Waals surface area contributed by atoms with Crippen LogP contribution in [0.2, 0.25) is 5.15 Å². The Kier molecular flexibility index (Phi) is 4.45. The van der Waals surface area contributed by atoms with E-state index in [1.807, 2.05) is 44.2 Å². The number of rotatable bonds is 4. The van der Waals surface area contributed by atoms with Gasteiger partial charge in [0.2, 0.25) is 0 Å². The molecule has 5 heteroatoms. The van der Waals surface area contributed by atoms with E-state index in [-0.39, 0.29) is 16.8 Å². The fourth-order valence-electron chi connectivity index (χ4n) is 2.31. The molecule has 1 heterocycles. The molecule has 0 aliphatic rings. The summed E-state index contributed by atoms with van der Waals surface area (Å²) in [5.41, 5.74) is 0.774. The molecule has 1 unspecified atom stereocenters. The molecule has 106 valence electrons. The monoisotopic (exact) mass is 292 g/mol. The van der Waals surface area contributed by atoms with Gasteiger partial charge in [0.15, 0.2) is 0 Å². The highest BCUT2D eigenvalue weighted by atomic mass is 35.5. The van der Waals surface area contributed by atoms with Gasteiger partial charge in [-0.25, -0.2) is 4.79 Å². The number of hydrogen-bond donors (Lipinski definition) is 1. The maximum atomic E-state index is 12.3. The first-order valence-electron chi connectivity index (χ1n) is 6.61. The number of aromatic amines is 1. The second-order valence-corrected chi connectivity index (χ2v) is 5.17. The molecule has 2 rings (SSSR count). The van der Waals surface area contributed by atoms with Gasteiger partial charge in [-0.2, -0.15) is 0 Å². The summed E-state index contributed by atoms with van der Waals surface area (Å²) in [7, 11) is 0. The Morgan fingerprint density at radius 1 is 1.25 bits per heavy atom. The van der Waals surface area contributed by atoms with Crippen LogP contribution in [0.4, 0.5) is 0 Å². The Hall–Kier alpha value is -1.81. The molecule has 0 bridgehead atoms. The van der Waals surface area contributed by atoms with E-state index in [1.54, 1.807) is 0 Å². The summed E-state index contributed by atoms with van der Waals surface area (Å²) in [5.74, 6) is 0. The second-order valence-electron chi connectivity index (χ2n) is 4.79. The lowest BCUT2D eigenvalue weighted by atomic mass is 10.1. The van der Waals surface area contributed by atoms with Crippen LogP contribution in [0.15, 0.2) is 39.9 Å². The van der Waals surface area contributed by atoms with Crippen LogP contribution in [-0.2, 0) is 12.8 Å². The molecule has 0 aliphatic heterocycles. The van der Waals surface area contributed by atoms with Crippen molar-refractivity contribution in [2.75, 3.05) is 0 Å². The lowest BCUT2D eigenvalue weighted by molar-refractivity contribution is 0.497. The molecular formula is C15H17ClN2O2. The van der Waals surface area contributed by atoms with Gasteiger partial charge in [-0.3, -0.25) is 14.3 Å². The van der Waals surface area contributed by atoms with Crippen molar-refractivity contribution in [2.45, 2.75) is 32.7 Å². The fraction of sp³-hybridized carbons (Fsp3) is 0.333. The van der Waals surface area contributed by atoms with E-state index in [4.69, 9.17) is 11.6 Å². The van der Waals surface area contributed by atoms with Gasteiger partial charge in [0, 0.05) is 6.04 Å². The highest BCUT2D eigenvalue weighted by Crippen LogP contribution is 2.12. The van der Waals surface area contributed by atoms with E-state index in [2.05, 4.69) is 4.98 Å². The lowest BCUT2D eigenvalue weighted by Gasteiger charge is -2.15. The molecule has 0 saturated heterocycles. The van der Waals surface area contributed by atoms with E-state index in [0.717, 1.165) is 5.56 Å². The summed E-state index contributed by atoms with van der Waals surface area (Å²) in [6.45, 7) is 3.70. The first-order valence-corrected chi connectivity index (χ1v) is 6.99. The number of aromatic nitrogens is 2. The average molecular weight is 293 g/mol. The van der Waals surface area contributed by atoms with E-state index in [0.29, 0.717) is 18.4 Å².